The maximum Gasteiger partial charge on any atom is 0.148 e. The summed E-state index contributed by atoms with van der Waals surface area (Å²) in [5.41, 5.74) is 15.1. The fourth-order valence-corrected chi connectivity index (χ4v) is 7.88. The summed E-state index contributed by atoms with van der Waals surface area (Å²) in [4.78, 5) is 10.4. The van der Waals surface area contributed by atoms with Gasteiger partial charge in [0.2, 0.25) is 0 Å². The molecule has 0 aliphatic rings. The van der Waals surface area contributed by atoms with Gasteiger partial charge in [0.25, 0.3) is 0 Å². The van der Waals surface area contributed by atoms with Crippen LogP contribution >= 0.6 is 0 Å². The van der Waals surface area contributed by atoms with E-state index in [1.54, 1.807) is 0 Å². The second-order valence-electron chi connectivity index (χ2n) is 17.6. The van der Waals surface area contributed by atoms with Crippen LogP contribution in [0.5, 0.6) is 5.75 Å². The molecule has 0 unspecified atom stereocenters. The molecule has 8 aromatic rings. The minimum absolute atomic E-state index is 0. The molecule has 0 saturated heterocycles. The zero-order valence-corrected chi connectivity index (χ0v) is 38.3. The number of rotatable bonds is 9. The number of benzene rings is 6. The zero-order valence-electron chi connectivity index (χ0n) is 37.0. The van der Waals surface area contributed by atoms with Crippen molar-refractivity contribution in [1.29, 1.82) is 0 Å². The number of imidazole rings is 1. The Bertz CT molecular complexity index is 2850. The molecule has 2 heterocycles. The molecule has 0 aliphatic carbocycles. The van der Waals surface area contributed by atoms with E-state index in [1.807, 2.05) is 44.3 Å². The van der Waals surface area contributed by atoms with Crippen LogP contribution in [0.2, 0.25) is 0 Å². The molecule has 5 heteroatoms. The number of pyridine rings is 1. The van der Waals surface area contributed by atoms with E-state index in [-0.39, 0.29) is 44.1 Å². The van der Waals surface area contributed by atoms with Crippen LogP contribution in [0, 0.1) is 6.07 Å². The third kappa shape index (κ3) is 8.41. The molecule has 0 atom stereocenters. The van der Waals surface area contributed by atoms with E-state index in [9.17, 15) is 6.48 Å². The predicted octanol–water partition coefficient (Wildman–Crippen LogP) is 14.9. The van der Waals surface area contributed by atoms with E-state index in [1.165, 1.54) is 0 Å². The Morgan fingerprint density at radius 3 is 1.93 bits per heavy atom. The quantitative estimate of drug-likeness (QED) is 0.147. The number of fused-ring (bicyclic) bond motifs is 1. The second-order valence-corrected chi connectivity index (χ2v) is 17.6. The molecule has 4 nitrogen and oxygen atoms in total. The van der Waals surface area contributed by atoms with Gasteiger partial charge in [-0.1, -0.05) is 164 Å². The largest absolute Gasteiger partial charge is 0.507 e. The summed E-state index contributed by atoms with van der Waals surface area (Å²) in [5.74, 6) is 0.323. The van der Waals surface area contributed by atoms with E-state index in [0.717, 1.165) is 83.6 Å². The summed E-state index contributed by atoms with van der Waals surface area (Å²) in [6.45, 7) is 19.2. The van der Waals surface area contributed by atoms with Gasteiger partial charge in [-0.05, 0) is 92.4 Å². The summed E-state index contributed by atoms with van der Waals surface area (Å²) >= 11 is 0. The van der Waals surface area contributed by atoms with E-state index in [2.05, 4.69) is 168 Å². The van der Waals surface area contributed by atoms with E-state index in [0.29, 0.717) is 11.4 Å². The monoisotopic (exact) mass is 968 g/mol. The smallest absolute Gasteiger partial charge is 0.148 e. The van der Waals surface area contributed by atoms with Crippen LogP contribution in [0.1, 0.15) is 104 Å². The zero-order chi connectivity index (χ0) is 42.5. The van der Waals surface area contributed by atoms with Gasteiger partial charge < -0.3 is 5.11 Å². The first-order valence-electron chi connectivity index (χ1n) is 21.3. The number of hydrogen-bond donors (Lipinski definition) is 1. The van der Waals surface area contributed by atoms with Crippen LogP contribution in [0.3, 0.4) is 0 Å². The molecule has 0 spiro atoms. The number of nitrogens with zero attached hydrogens (tertiary/aromatic N) is 3. The first kappa shape index (κ1) is 41.2. The Morgan fingerprint density at radius 1 is 0.633 bits per heavy atom. The van der Waals surface area contributed by atoms with Crippen LogP contribution in [0.25, 0.3) is 72.7 Å². The van der Waals surface area contributed by atoms with E-state index >= 15 is 0 Å². The Kier molecular flexibility index (Phi) is 11.8. The van der Waals surface area contributed by atoms with Crippen LogP contribution < -0.4 is 0 Å². The standard InChI is InChI=1S/C55H54N3O.Pt/c1-34(2)40-25-42(38-19-14-11-15-20-38)30-46(29-40)58-51-22-16-21-47(52(51)57-54(58)49-32-41(35(3)4)31-48(36(5)6)53(49)59)43-26-44(28-45(27-43)55(7,8)9)50-33-39(23-24-56-50)37-17-12-10-13-18-37;/h10-25,27-36,59H,1-9H3;/q-1;/i34D;. The van der Waals surface area contributed by atoms with E-state index in [4.69, 9.17) is 9.97 Å². The Morgan fingerprint density at radius 2 is 1.30 bits per heavy atom. The summed E-state index contributed by atoms with van der Waals surface area (Å²) in [6.07, 6.45) is 1.88. The SMILES string of the molecule is [2H]C(C)(C)c1cc(-c2ccccc2)cc(-n2c(-c3cc(C(C)C)cc(C(C)C)c3O)nc3c(-c4[c-]c(-c5cc(-c6ccccc6)ccn5)cc(C(C)(C)C)c4)cccc32)c1.[Pt]. The van der Waals surface area contributed by atoms with Gasteiger partial charge in [0.1, 0.15) is 11.6 Å². The van der Waals surface area contributed by atoms with Crippen molar-refractivity contribution in [3.63, 3.8) is 0 Å². The molecule has 0 aliphatic heterocycles. The predicted molar refractivity (Wildman–Crippen MR) is 248 cm³/mol. The van der Waals surface area contributed by atoms with Crippen LogP contribution in [0.4, 0.5) is 0 Å². The minimum Gasteiger partial charge on any atom is -0.507 e. The number of para-hydroxylation sites is 1. The Labute approximate surface area is 372 Å². The average Bonchev–Trinajstić information content (AvgIpc) is 3.63. The molecular weight excluding hydrogens is 914 g/mol. The van der Waals surface area contributed by atoms with Crippen molar-refractivity contribution in [3.8, 4) is 67.5 Å². The first-order valence-corrected chi connectivity index (χ1v) is 20.8. The molecule has 0 amide bonds. The van der Waals surface area contributed by atoms with Crippen LogP contribution in [0.15, 0.2) is 140 Å². The van der Waals surface area contributed by atoms with Gasteiger partial charge in [0, 0.05) is 40.0 Å². The first-order chi connectivity index (χ1) is 28.6. The van der Waals surface area contributed by atoms with Crippen molar-refractivity contribution in [2.45, 2.75) is 85.5 Å². The normalized spacial score (nSPS) is 12.2. The van der Waals surface area contributed by atoms with Gasteiger partial charge >= 0.3 is 0 Å². The Hall–Kier alpha value is -5.57. The molecule has 60 heavy (non-hydrogen) atoms. The number of aromatic hydroxyl groups is 1. The number of phenolic OH excluding ortho intramolecular Hbond substituents is 1. The number of aromatic nitrogens is 3. The number of phenols is 1. The molecule has 8 rings (SSSR count). The topological polar surface area (TPSA) is 50.9 Å². The molecule has 0 bridgehead atoms. The summed E-state index contributed by atoms with van der Waals surface area (Å²) < 4.78 is 11.4. The third-order valence-electron chi connectivity index (χ3n) is 11.4. The van der Waals surface area contributed by atoms with Gasteiger partial charge in [-0.25, -0.2) is 4.98 Å². The van der Waals surface area contributed by atoms with Crippen molar-refractivity contribution in [2.24, 2.45) is 0 Å². The van der Waals surface area contributed by atoms with Gasteiger partial charge in [0.05, 0.1) is 16.6 Å². The maximum absolute atomic E-state index is 12.2. The van der Waals surface area contributed by atoms with Crippen molar-refractivity contribution in [3.05, 3.63) is 168 Å². The maximum atomic E-state index is 12.2. The molecular formula is C55H54N3OPt-. The summed E-state index contributed by atoms with van der Waals surface area (Å²) in [7, 11) is 0. The molecule has 6 aromatic carbocycles. The second kappa shape index (κ2) is 17.2. The van der Waals surface area contributed by atoms with Gasteiger partial charge in [0.15, 0.2) is 0 Å². The van der Waals surface area contributed by atoms with Gasteiger partial charge in [-0.2, -0.15) is 0 Å². The third-order valence-corrected chi connectivity index (χ3v) is 11.4. The van der Waals surface area contributed by atoms with Gasteiger partial charge in [-0.3, -0.25) is 9.55 Å². The van der Waals surface area contributed by atoms with E-state index < -0.39 is 5.89 Å². The van der Waals surface area contributed by atoms with Crippen LogP contribution in [-0.4, -0.2) is 19.6 Å². The Balaban J connectivity index is 0.00000561. The average molecular weight is 969 g/mol. The van der Waals surface area contributed by atoms with Crippen LogP contribution in [-0.2, 0) is 26.5 Å². The summed E-state index contributed by atoms with van der Waals surface area (Å²) in [6, 6.07) is 50.2. The summed E-state index contributed by atoms with van der Waals surface area (Å²) in [5, 5.41) is 12.2. The van der Waals surface area contributed by atoms with Crippen molar-refractivity contribution in [2.75, 3.05) is 0 Å². The molecule has 306 valence electrons. The van der Waals surface area contributed by atoms with Crippen molar-refractivity contribution < 1.29 is 27.5 Å². The number of hydrogen-bond acceptors (Lipinski definition) is 3. The molecule has 0 saturated carbocycles. The molecule has 2 aromatic heterocycles. The molecule has 0 fully saturated rings. The molecule has 0 radical (unpaired) electrons. The fourth-order valence-electron chi connectivity index (χ4n) is 7.88. The van der Waals surface area contributed by atoms with Crippen molar-refractivity contribution in [1.82, 2.24) is 14.5 Å². The van der Waals surface area contributed by atoms with Crippen molar-refractivity contribution >= 4 is 11.0 Å². The molecule has 1 N–H and O–H groups in total. The fraction of sp³-hybridized carbons (Fsp3) is 0.236. The minimum atomic E-state index is -0.879. The van der Waals surface area contributed by atoms with Gasteiger partial charge in [-0.15, -0.1) is 29.3 Å².